The monoisotopic (exact) mass is 1330 g/mol. The van der Waals surface area contributed by atoms with E-state index in [4.69, 9.17) is 48.5 Å². The van der Waals surface area contributed by atoms with Gasteiger partial charge in [-0.2, -0.15) is 30.1 Å². The molecule has 2 saturated heterocycles. The first-order chi connectivity index (χ1) is 44.6. The maximum absolute atomic E-state index is 15.5. The van der Waals surface area contributed by atoms with E-state index in [1.807, 2.05) is 45.0 Å². The van der Waals surface area contributed by atoms with Gasteiger partial charge in [-0.3, -0.25) is 27.8 Å². The number of anilines is 4. The number of hydrogen-bond acceptors (Lipinski definition) is 25. The minimum Gasteiger partial charge on any atom is -0.457 e. The van der Waals surface area contributed by atoms with Crippen molar-refractivity contribution in [3.05, 3.63) is 133 Å². The third-order valence-corrected chi connectivity index (χ3v) is 19.6. The lowest BCUT2D eigenvalue weighted by Crippen LogP contribution is -2.44. The molecule has 6 heterocycles. The van der Waals surface area contributed by atoms with E-state index in [9.17, 15) is 24.9 Å². The van der Waals surface area contributed by atoms with Gasteiger partial charge < -0.3 is 65.4 Å². The Balaban J connectivity index is 0.853. The van der Waals surface area contributed by atoms with E-state index in [1.54, 1.807) is 107 Å². The number of nitrogens with one attached hydrogen (secondary N) is 4. The van der Waals surface area contributed by atoms with Crippen molar-refractivity contribution in [2.75, 3.05) is 49.4 Å². The molecule has 9 aromatic rings. The second kappa shape index (κ2) is 26.4. The number of nitrogen functional groups attached to an aromatic ring is 2. The molecule has 11 N–H and O–H groups in total. The Morgan fingerprint density at radius 1 is 0.670 bits per heavy atom. The third-order valence-electron chi connectivity index (χ3n) is 16.3. The predicted octanol–water partition coefficient (Wildman–Crippen LogP) is 8.57. The number of carbonyl (C=O) groups excluding carboxylic acids is 2. The predicted molar refractivity (Wildman–Crippen MR) is 349 cm³/mol. The minimum absolute atomic E-state index is 0.00135. The van der Waals surface area contributed by atoms with Crippen molar-refractivity contribution in [3.63, 3.8) is 0 Å². The van der Waals surface area contributed by atoms with E-state index >= 15 is 9.13 Å². The maximum Gasteiger partial charge on any atom is 0.459 e. The van der Waals surface area contributed by atoms with Gasteiger partial charge in [0.1, 0.15) is 59.2 Å². The average molecular weight is 1330 g/mol. The van der Waals surface area contributed by atoms with Crippen LogP contribution in [0.5, 0.6) is 11.5 Å². The SMILES string of the molecule is CNc1nc(N)nc2c1ncn2C1OC(COP(=O)(NC(C)C(=O)OC(c2cccc3c(OP(=O)(NC(C)C(=O)OC(C)c4ccccc4)OCC4OC(n5cnc6c(NC)nc(N)nc65)C(C)(O)C4O)cccc23)C(C)(C)C)Oc2cccc3ccccc23)CC1(C)O. The molecule has 0 radical (unpaired) electrons. The number of rotatable bonds is 24. The number of ether oxygens (including phenoxy) is 4. The molecule has 0 bridgehead atoms. The number of aliphatic hydroxyl groups excluding tert-OH is 1. The standard InChI is InChI=1S/C63H76N14O15P2/c1-34(55(79)87-36(3)37-19-12-11-13-20-37)74-94(84,86-31-46-49(78)63(8,82)58(89-46)77-33-69-48-52(67-10)71-60(65)73-54(48)77)92-45-28-18-24-41-42(45)25-17-26-43(41)50(61(4,5)6)90-56(80)35(2)75-93(83,91-44-27-16-22-38-21-14-15-23-40(38)44)85-30-39-29-62(7,81)57(88-39)76-32-68-47-51(66-9)70-59(64)72-53(47)76/h11-28,32-36,39,46,49-50,57-58,78,81-82H,29-31H2,1-10H3,(H,74,84)(H,75,83)(H3,64,66,70,72)(H3,65,67,71,73). The van der Waals surface area contributed by atoms with Crippen LogP contribution in [0, 0.1) is 5.41 Å². The zero-order chi connectivity index (χ0) is 67.2. The molecule has 13 unspecified atom stereocenters. The number of aromatic nitrogens is 8. The summed E-state index contributed by atoms with van der Waals surface area (Å²) in [6.45, 7) is 12.0. The number of nitrogens with zero attached hydrogens (tertiary/aromatic N) is 8. The quantitative estimate of drug-likeness (QED) is 0.0202. The van der Waals surface area contributed by atoms with Crippen molar-refractivity contribution in [2.45, 2.75) is 128 Å². The van der Waals surface area contributed by atoms with E-state index in [0.29, 0.717) is 55.6 Å². The molecule has 4 aromatic heterocycles. The molecule has 0 spiro atoms. The Morgan fingerprint density at radius 3 is 1.79 bits per heavy atom. The van der Waals surface area contributed by atoms with E-state index in [-0.39, 0.29) is 35.5 Å². The number of imidazole rings is 2. The van der Waals surface area contributed by atoms with E-state index < -0.39 is 112 Å². The summed E-state index contributed by atoms with van der Waals surface area (Å²) in [5, 5.41) is 49.0. The summed E-state index contributed by atoms with van der Waals surface area (Å²) >= 11 is 0. The molecule has 29 nitrogen and oxygen atoms in total. The number of carbonyl (C=O) groups is 2. The Bertz CT molecular complexity index is 4380. The van der Waals surface area contributed by atoms with Crippen LogP contribution in [0.1, 0.15) is 97.6 Å². The highest BCUT2D eigenvalue weighted by molar-refractivity contribution is 7.52. The summed E-state index contributed by atoms with van der Waals surface area (Å²) in [5.74, 6) is -0.943. The van der Waals surface area contributed by atoms with Crippen LogP contribution >= 0.6 is 15.5 Å². The minimum atomic E-state index is -4.81. The Labute approximate surface area is 540 Å². The first-order valence-corrected chi connectivity index (χ1v) is 33.4. The first-order valence-electron chi connectivity index (χ1n) is 30.3. The van der Waals surface area contributed by atoms with Crippen molar-refractivity contribution >= 4 is 94.8 Å². The van der Waals surface area contributed by atoms with Crippen LogP contribution in [-0.2, 0) is 46.7 Å². The topological polar surface area (TPSA) is 390 Å². The Hall–Kier alpha value is -8.44. The number of esters is 2. The average Bonchev–Trinajstić information content (AvgIpc) is 1.56. The van der Waals surface area contributed by atoms with Crippen molar-refractivity contribution < 1.29 is 71.1 Å². The second-order valence-corrected chi connectivity index (χ2v) is 28.1. The fraction of sp³-hybridized carbons (Fsp3) is 0.397. The van der Waals surface area contributed by atoms with Gasteiger partial charge in [0.05, 0.1) is 32.0 Å². The van der Waals surface area contributed by atoms with Crippen LogP contribution in [-0.4, -0.2) is 135 Å². The normalized spacial score (nSPS) is 23.3. The van der Waals surface area contributed by atoms with Crippen LogP contribution < -0.4 is 41.3 Å². The zero-order valence-electron chi connectivity index (χ0n) is 53.2. The molecule has 0 aliphatic carbocycles. The highest BCUT2D eigenvalue weighted by atomic mass is 31.2. The molecule has 498 valence electrons. The largest absolute Gasteiger partial charge is 0.459 e. The summed E-state index contributed by atoms with van der Waals surface area (Å²) in [5.41, 5.74) is 10.0. The van der Waals surface area contributed by atoms with E-state index in [1.165, 1.54) is 48.6 Å². The van der Waals surface area contributed by atoms with Crippen LogP contribution in [0.4, 0.5) is 23.5 Å². The van der Waals surface area contributed by atoms with Gasteiger partial charge in [-0.05, 0) is 63.1 Å². The van der Waals surface area contributed by atoms with Gasteiger partial charge in [0.15, 0.2) is 46.4 Å². The molecule has 5 aromatic carbocycles. The zero-order valence-corrected chi connectivity index (χ0v) is 55.0. The lowest BCUT2D eigenvalue weighted by Gasteiger charge is -2.33. The van der Waals surface area contributed by atoms with Gasteiger partial charge in [0.25, 0.3) is 0 Å². The summed E-state index contributed by atoms with van der Waals surface area (Å²) in [6, 6.07) is 28.9. The molecule has 94 heavy (non-hydrogen) atoms. The van der Waals surface area contributed by atoms with E-state index in [2.05, 4.69) is 50.7 Å². The maximum atomic E-state index is 15.5. The van der Waals surface area contributed by atoms with Crippen LogP contribution in [0.15, 0.2) is 122 Å². The highest BCUT2D eigenvalue weighted by Crippen LogP contribution is 2.52. The molecular weight excluding hydrogens is 1250 g/mol. The highest BCUT2D eigenvalue weighted by Gasteiger charge is 2.55. The fourth-order valence-corrected chi connectivity index (χ4v) is 14.7. The van der Waals surface area contributed by atoms with Crippen molar-refractivity contribution in [1.29, 1.82) is 0 Å². The summed E-state index contributed by atoms with van der Waals surface area (Å²) < 4.78 is 83.8. The number of nitrogens with two attached hydrogens (primary N) is 2. The summed E-state index contributed by atoms with van der Waals surface area (Å²) in [7, 11) is -6.14. The molecule has 2 aliphatic rings. The lowest BCUT2D eigenvalue weighted by atomic mass is 9.82. The molecule has 0 amide bonds. The van der Waals surface area contributed by atoms with Crippen molar-refractivity contribution in [2.24, 2.45) is 5.41 Å². The molecule has 2 aliphatic heterocycles. The van der Waals surface area contributed by atoms with Crippen LogP contribution in [0.3, 0.4) is 0 Å². The molecule has 2 fully saturated rings. The van der Waals surface area contributed by atoms with Gasteiger partial charge in [0, 0.05) is 42.3 Å². The smallest absolute Gasteiger partial charge is 0.457 e. The van der Waals surface area contributed by atoms with Crippen molar-refractivity contribution in [3.8, 4) is 11.5 Å². The lowest BCUT2D eigenvalue weighted by molar-refractivity contribution is -0.157. The van der Waals surface area contributed by atoms with Gasteiger partial charge >= 0.3 is 27.4 Å². The molecule has 11 rings (SSSR count). The summed E-state index contributed by atoms with van der Waals surface area (Å²) in [4.78, 5) is 54.5. The van der Waals surface area contributed by atoms with Gasteiger partial charge in [-0.15, -0.1) is 0 Å². The van der Waals surface area contributed by atoms with Gasteiger partial charge in [-0.25, -0.2) is 19.1 Å². The number of benzene rings is 5. The fourth-order valence-electron chi connectivity index (χ4n) is 11.6. The molecule has 31 heteroatoms. The van der Waals surface area contributed by atoms with E-state index in [0.717, 1.165) is 5.39 Å². The van der Waals surface area contributed by atoms with Crippen molar-refractivity contribution in [1.82, 2.24) is 49.2 Å². The Morgan fingerprint density at radius 2 is 1.18 bits per heavy atom. The third kappa shape index (κ3) is 13.7. The molecule has 13 atom stereocenters. The summed E-state index contributed by atoms with van der Waals surface area (Å²) in [6.07, 6.45) is -5.28. The van der Waals surface area contributed by atoms with Gasteiger partial charge in [-0.1, -0.05) is 118 Å². The first kappa shape index (κ1) is 67.0. The number of hydrogen-bond donors (Lipinski definition) is 9. The molecular formula is C63H76N14O15P2. The molecule has 0 saturated carbocycles. The Kier molecular flexibility index (Phi) is 18.8. The van der Waals surface area contributed by atoms with Crippen LogP contribution in [0.2, 0.25) is 0 Å². The number of fused-ring (bicyclic) bond motifs is 4. The van der Waals surface area contributed by atoms with Gasteiger partial charge in [0.2, 0.25) is 11.9 Å². The second-order valence-electron chi connectivity index (χ2n) is 24.7. The van der Waals surface area contributed by atoms with Crippen LogP contribution in [0.25, 0.3) is 43.9 Å². The number of aliphatic hydroxyl groups is 3.